The van der Waals surface area contributed by atoms with Crippen LogP contribution in [0.1, 0.15) is 24.0 Å². The molecule has 9 aromatic rings. The molecule has 1 aliphatic carbocycles. The third-order valence-corrected chi connectivity index (χ3v) is 16.0. The van der Waals surface area contributed by atoms with Crippen LogP contribution in [0, 0.1) is 0 Å². The maximum Gasteiger partial charge on any atom is 0.113 e. The molecule has 0 bridgehead atoms. The first-order valence-electron chi connectivity index (χ1n) is 19.6. The van der Waals surface area contributed by atoms with Crippen molar-refractivity contribution in [2.45, 2.75) is 25.9 Å². The second-order valence-electron chi connectivity index (χ2n) is 15.9. The first-order chi connectivity index (χ1) is 27.0. The summed E-state index contributed by atoms with van der Waals surface area (Å²) in [5, 5.41) is 13.4. The molecule has 1 aliphatic heterocycles. The molecule has 0 saturated heterocycles. The fourth-order valence-corrected chi connectivity index (χ4v) is 12.8. The molecule has 0 aromatic heterocycles. The molecule has 1 heterocycles. The molecule has 2 aliphatic rings. The molecule has 1 heteroatoms. The van der Waals surface area contributed by atoms with Crippen molar-refractivity contribution >= 4 is 72.7 Å². The van der Waals surface area contributed by atoms with E-state index in [1.807, 2.05) is 0 Å². The Morgan fingerprint density at radius 2 is 0.945 bits per heavy atom. The average Bonchev–Trinajstić information content (AvgIpc) is 3.46. The van der Waals surface area contributed by atoms with Crippen molar-refractivity contribution in [3.8, 4) is 33.4 Å². The molecular formula is C54H40Si. The molecule has 0 saturated carbocycles. The molecule has 11 rings (SSSR count). The van der Waals surface area contributed by atoms with Crippen LogP contribution in [0.5, 0.6) is 0 Å². The van der Waals surface area contributed by atoms with Gasteiger partial charge in [0.05, 0.1) is 0 Å². The van der Waals surface area contributed by atoms with Crippen LogP contribution >= 0.6 is 0 Å². The van der Waals surface area contributed by atoms with Crippen LogP contribution < -0.4 is 10.4 Å². The predicted molar refractivity (Wildman–Crippen MR) is 241 cm³/mol. The quantitative estimate of drug-likeness (QED) is 0.126. The van der Waals surface area contributed by atoms with Gasteiger partial charge in [-0.2, -0.15) is 0 Å². The molecule has 0 spiro atoms. The lowest BCUT2D eigenvalue weighted by Gasteiger charge is -2.23. The smallest absolute Gasteiger partial charge is 0.0836 e. The molecule has 0 N–H and O–H groups in total. The van der Waals surface area contributed by atoms with E-state index in [1.165, 1.54) is 104 Å². The Kier molecular flexibility index (Phi) is 7.24. The second kappa shape index (κ2) is 12.4. The topological polar surface area (TPSA) is 0 Å². The monoisotopic (exact) mass is 716 g/mol. The molecule has 0 unspecified atom stereocenters. The van der Waals surface area contributed by atoms with Gasteiger partial charge in [-0.05, 0) is 140 Å². The zero-order valence-electron chi connectivity index (χ0n) is 31.2. The van der Waals surface area contributed by atoms with Crippen molar-refractivity contribution in [3.05, 3.63) is 193 Å². The maximum atomic E-state index is 2.62. The van der Waals surface area contributed by atoms with E-state index in [2.05, 4.69) is 195 Å². The minimum atomic E-state index is -2.11. The summed E-state index contributed by atoms with van der Waals surface area (Å²) < 4.78 is 0. The van der Waals surface area contributed by atoms with E-state index in [9.17, 15) is 0 Å². The van der Waals surface area contributed by atoms with E-state index >= 15 is 0 Å². The largest absolute Gasteiger partial charge is 0.113 e. The lowest BCUT2D eigenvalue weighted by molar-refractivity contribution is 1.06. The standard InChI is InChI=1S/C54H40Si/c1-55(2)51-32-40(44-21-11-10-20-43(44)37-16-4-3-5-17-37)28-29-45(51)48-33-49-50(34-52(48)55)54(42-27-25-36-15-7-9-19-39(36)31-42)47-23-13-12-22-46(47)53(49)41-26-24-35-14-6-8-18-38(35)30-41/h3-9,11-19,21-34H,10,20H2,1-2H3. The fraction of sp³-hybridized carbons (Fsp3) is 0.0741. The lowest BCUT2D eigenvalue weighted by atomic mass is 9.84. The Labute approximate surface area is 323 Å². The maximum absolute atomic E-state index is 2.62. The third-order valence-electron chi connectivity index (χ3n) is 12.5. The van der Waals surface area contributed by atoms with Crippen LogP contribution in [0.25, 0.3) is 87.6 Å². The highest BCUT2D eigenvalue weighted by molar-refractivity contribution is 7.04. The van der Waals surface area contributed by atoms with E-state index in [-0.39, 0.29) is 0 Å². The third kappa shape index (κ3) is 5.04. The molecule has 0 amide bonds. The van der Waals surface area contributed by atoms with Crippen LogP contribution in [-0.4, -0.2) is 8.07 Å². The van der Waals surface area contributed by atoms with E-state index in [0.717, 1.165) is 12.8 Å². The first kappa shape index (κ1) is 32.2. The van der Waals surface area contributed by atoms with Crippen molar-refractivity contribution < 1.29 is 0 Å². The van der Waals surface area contributed by atoms with E-state index in [1.54, 1.807) is 5.19 Å². The summed E-state index contributed by atoms with van der Waals surface area (Å²) in [6.07, 6.45) is 6.88. The second-order valence-corrected chi connectivity index (χ2v) is 20.3. The van der Waals surface area contributed by atoms with Gasteiger partial charge in [0, 0.05) is 0 Å². The van der Waals surface area contributed by atoms with Gasteiger partial charge in [0.25, 0.3) is 0 Å². The minimum Gasteiger partial charge on any atom is -0.0836 e. The van der Waals surface area contributed by atoms with E-state index in [4.69, 9.17) is 0 Å². The summed E-state index contributed by atoms with van der Waals surface area (Å²) in [4.78, 5) is 0. The molecule has 260 valence electrons. The number of hydrogen-bond acceptors (Lipinski definition) is 0. The summed E-state index contributed by atoms with van der Waals surface area (Å²) in [5.74, 6) is 0. The Balaban J connectivity index is 1.20. The molecule has 0 radical (unpaired) electrons. The molecule has 55 heavy (non-hydrogen) atoms. The zero-order chi connectivity index (χ0) is 36.7. The number of hydrogen-bond donors (Lipinski definition) is 0. The number of allylic oxidation sites excluding steroid dienone is 4. The summed E-state index contributed by atoms with van der Waals surface area (Å²) in [6.45, 7) is 5.13. The zero-order valence-corrected chi connectivity index (χ0v) is 32.2. The van der Waals surface area contributed by atoms with Crippen molar-refractivity contribution in [2.24, 2.45) is 0 Å². The van der Waals surface area contributed by atoms with Gasteiger partial charge < -0.3 is 0 Å². The SMILES string of the molecule is C[Si]1(C)c2cc(C3=C(c4ccccc4)CCC=C3)ccc2-c2cc3c(-c4ccc5ccccc5c4)c4ccccc4c(-c4ccc5ccccc5c4)c3cc21. The molecular weight excluding hydrogens is 677 g/mol. The Morgan fingerprint density at radius 1 is 0.400 bits per heavy atom. The summed E-state index contributed by atoms with van der Waals surface area (Å²) in [7, 11) is -2.11. The van der Waals surface area contributed by atoms with Crippen LogP contribution in [0.3, 0.4) is 0 Å². The van der Waals surface area contributed by atoms with Gasteiger partial charge in [-0.15, -0.1) is 0 Å². The fourth-order valence-electron chi connectivity index (χ4n) is 9.76. The number of fused-ring (bicyclic) bond motifs is 7. The number of rotatable bonds is 4. The summed E-state index contributed by atoms with van der Waals surface area (Å²) in [5.41, 5.74) is 13.5. The van der Waals surface area contributed by atoms with Crippen LogP contribution in [0.4, 0.5) is 0 Å². The van der Waals surface area contributed by atoms with Gasteiger partial charge in [0.15, 0.2) is 0 Å². The van der Waals surface area contributed by atoms with Gasteiger partial charge in [0.1, 0.15) is 8.07 Å². The van der Waals surface area contributed by atoms with Gasteiger partial charge in [-0.1, -0.05) is 177 Å². The van der Waals surface area contributed by atoms with Gasteiger partial charge >= 0.3 is 0 Å². The van der Waals surface area contributed by atoms with Crippen LogP contribution in [-0.2, 0) is 0 Å². The Morgan fingerprint density at radius 3 is 1.60 bits per heavy atom. The van der Waals surface area contributed by atoms with Gasteiger partial charge in [-0.25, -0.2) is 0 Å². The minimum absolute atomic E-state index is 1.07. The predicted octanol–water partition coefficient (Wildman–Crippen LogP) is 13.7. The summed E-state index contributed by atoms with van der Waals surface area (Å²) >= 11 is 0. The van der Waals surface area contributed by atoms with Gasteiger partial charge in [-0.3, -0.25) is 0 Å². The van der Waals surface area contributed by atoms with Crippen LogP contribution in [0.2, 0.25) is 13.1 Å². The van der Waals surface area contributed by atoms with Crippen molar-refractivity contribution in [1.82, 2.24) is 0 Å². The van der Waals surface area contributed by atoms with Crippen molar-refractivity contribution in [3.63, 3.8) is 0 Å². The highest BCUT2D eigenvalue weighted by Crippen LogP contribution is 2.47. The van der Waals surface area contributed by atoms with Crippen molar-refractivity contribution in [1.29, 1.82) is 0 Å². The first-order valence-corrected chi connectivity index (χ1v) is 22.6. The molecule has 0 nitrogen and oxygen atoms in total. The normalized spacial score (nSPS) is 14.6. The molecule has 9 aromatic carbocycles. The van der Waals surface area contributed by atoms with Gasteiger partial charge in [0.2, 0.25) is 0 Å². The lowest BCUT2D eigenvalue weighted by Crippen LogP contribution is -2.49. The highest BCUT2D eigenvalue weighted by Gasteiger charge is 2.39. The Bertz CT molecular complexity index is 3100. The van der Waals surface area contributed by atoms with Crippen LogP contribution in [0.15, 0.2) is 182 Å². The van der Waals surface area contributed by atoms with Crippen molar-refractivity contribution in [2.75, 3.05) is 0 Å². The number of benzene rings is 9. The summed E-state index contributed by atoms with van der Waals surface area (Å²) in [6, 6.07) is 64.2. The highest BCUT2D eigenvalue weighted by atomic mass is 28.3. The van der Waals surface area contributed by atoms with E-state index < -0.39 is 8.07 Å². The molecule has 0 fully saturated rings. The average molecular weight is 717 g/mol. The Hall–Kier alpha value is -6.28. The molecule has 0 atom stereocenters. The van der Waals surface area contributed by atoms with E-state index in [0.29, 0.717) is 0 Å².